The number of sulfone groups is 1. The molecule has 1 amide bonds. The molecule has 0 radical (unpaired) electrons. The Morgan fingerprint density at radius 3 is 2.68 bits per heavy atom. The Balaban J connectivity index is 1.61. The summed E-state index contributed by atoms with van der Waals surface area (Å²) in [6.07, 6.45) is 4.72. The third-order valence-corrected chi connectivity index (χ3v) is 7.92. The molecule has 0 saturated carbocycles. The summed E-state index contributed by atoms with van der Waals surface area (Å²) in [7, 11) is -3.02. The molecule has 0 unspecified atom stereocenters. The standard InChI is InChI=1S/C24H25FN8O3S/c1-16-18(25)4-5-19(28-16)23-29-24(21-3-2-8-33(21)30-23)32(20-6-7-27-15-17(20)22(26)34)10-9-31-11-13-37(35,36)14-12-31/h2-8,15H,9-14H2,1H3,(H2,26,34). The van der Waals surface area contributed by atoms with E-state index in [1.165, 1.54) is 18.3 Å². The van der Waals surface area contributed by atoms with E-state index in [0.29, 0.717) is 48.9 Å². The molecule has 0 aliphatic carbocycles. The molecule has 4 aromatic heterocycles. The zero-order chi connectivity index (χ0) is 26.2. The number of rotatable bonds is 7. The number of primary amides is 1. The van der Waals surface area contributed by atoms with Gasteiger partial charge in [-0.05, 0) is 37.3 Å². The first kappa shape index (κ1) is 24.7. The monoisotopic (exact) mass is 524 g/mol. The molecule has 192 valence electrons. The van der Waals surface area contributed by atoms with Crippen molar-refractivity contribution in [3.63, 3.8) is 0 Å². The Labute approximate surface area is 212 Å². The minimum Gasteiger partial charge on any atom is -0.365 e. The van der Waals surface area contributed by atoms with E-state index >= 15 is 0 Å². The van der Waals surface area contributed by atoms with Gasteiger partial charge in [-0.1, -0.05) is 0 Å². The number of hydrogen-bond acceptors (Lipinski definition) is 9. The quantitative estimate of drug-likeness (QED) is 0.382. The molecule has 0 aromatic carbocycles. The van der Waals surface area contributed by atoms with Gasteiger partial charge in [-0.15, -0.1) is 5.10 Å². The first-order chi connectivity index (χ1) is 17.7. The van der Waals surface area contributed by atoms with Crippen LogP contribution in [0.25, 0.3) is 17.0 Å². The van der Waals surface area contributed by atoms with E-state index in [2.05, 4.69) is 20.0 Å². The van der Waals surface area contributed by atoms with Crippen LogP contribution in [-0.2, 0) is 9.84 Å². The van der Waals surface area contributed by atoms with Gasteiger partial charge in [0.15, 0.2) is 15.7 Å². The molecular formula is C24H25FN8O3S. The minimum atomic E-state index is -3.02. The molecule has 1 fully saturated rings. The highest BCUT2D eigenvalue weighted by molar-refractivity contribution is 7.91. The molecule has 0 atom stereocenters. The van der Waals surface area contributed by atoms with E-state index in [1.54, 1.807) is 29.9 Å². The Morgan fingerprint density at radius 1 is 1.16 bits per heavy atom. The van der Waals surface area contributed by atoms with Crippen molar-refractivity contribution in [3.05, 3.63) is 66.0 Å². The number of amides is 1. The second-order valence-corrected chi connectivity index (χ2v) is 11.1. The third-order valence-electron chi connectivity index (χ3n) is 6.31. The van der Waals surface area contributed by atoms with Gasteiger partial charge in [0.1, 0.15) is 17.0 Å². The number of carbonyl (C=O) groups is 1. The largest absolute Gasteiger partial charge is 0.365 e. The molecule has 5 heterocycles. The maximum Gasteiger partial charge on any atom is 0.252 e. The summed E-state index contributed by atoms with van der Waals surface area (Å²) in [6.45, 7) is 3.29. The van der Waals surface area contributed by atoms with Gasteiger partial charge < -0.3 is 10.6 Å². The molecule has 4 aromatic rings. The summed E-state index contributed by atoms with van der Waals surface area (Å²) in [6, 6.07) is 8.17. The number of nitrogens with zero attached hydrogens (tertiary/aromatic N) is 7. The Bertz CT molecular complexity index is 1580. The van der Waals surface area contributed by atoms with Crippen LogP contribution in [0.5, 0.6) is 0 Å². The van der Waals surface area contributed by atoms with Crippen molar-refractivity contribution in [1.82, 2.24) is 29.5 Å². The average molecular weight is 525 g/mol. The summed E-state index contributed by atoms with van der Waals surface area (Å²) >= 11 is 0. The van der Waals surface area contributed by atoms with Gasteiger partial charge in [-0.3, -0.25) is 14.7 Å². The molecule has 1 aliphatic heterocycles. The molecule has 1 saturated heterocycles. The van der Waals surface area contributed by atoms with Crippen LogP contribution in [0.4, 0.5) is 15.9 Å². The maximum absolute atomic E-state index is 13.9. The normalized spacial score (nSPS) is 15.6. The molecule has 0 spiro atoms. The first-order valence-corrected chi connectivity index (χ1v) is 13.5. The highest BCUT2D eigenvalue weighted by Gasteiger charge is 2.25. The number of carbonyl (C=O) groups excluding carboxylic acids is 1. The molecule has 0 bridgehead atoms. The Hall–Kier alpha value is -3.97. The average Bonchev–Trinajstić information content (AvgIpc) is 3.35. The molecular weight excluding hydrogens is 499 g/mol. The summed E-state index contributed by atoms with van der Waals surface area (Å²) in [5, 5.41) is 4.55. The summed E-state index contributed by atoms with van der Waals surface area (Å²) in [5.74, 6) is -0.119. The topological polar surface area (TPSA) is 140 Å². The molecule has 11 nitrogen and oxygen atoms in total. The first-order valence-electron chi connectivity index (χ1n) is 11.6. The molecule has 37 heavy (non-hydrogen) atoms. The summed E-state index contributed by atoms with van der Waals surface area (Å²) < 4.78 is 39.3. The van der Waals surface area contributed by atoms with Crippen molar-refractivity contribution < 1.29 is 17.6 Å². The Kier molecular flexibility index (Phi) is 6.56. The van der Waals surface area contributed by atoms with Gasteiger partial charge in [0.05, 0.1) is 28.5 Å². The fourth-order valence-corrected chi connectivity index (χ4v) is 5.54. The SMILES string of the molecule is Cc1nc(-c2nc(N(CCN3CCS(=O)(=O)CC3)c3ccncc3C(N)=O)c3cccn3n2)ccc1F. The van der Waals surface area contributed by atoms with Crippen LogP contribution in [0.2, 0.25) is 0 Å². The predicted molar refractivity (Wildman–Crippen MR) is 136 cm³/mol. The molecule has 1 aliphatic rings. The zero-order valence-corrected chi connectivity index (χ0v) is 20.9. The molecule has 13 heteroatoms. The van der Waals surface area contributed by atoms with E-state index in [0.717, 1.165) is 0 Å². The second kappa shape index (κ2) is 9.82. The van der Waals surface area contributed by atoms with Gasteiger partial charge >= 0.3 is 0 Å². The highest BCUT2D eigenvalue weighted by atomic mass is 32.2. The summed E-state index contributed by atoms with van der Waals surface area (Å²) in [5.41, 5.74) is 7.67. The zero-order valence-electron chi connectivity index (χ0n) is 20.1. The predicted octanol–water partition coefficient (Wildman–Crippen LogP) is 1.60. The van der Waals surface area contributed by atoms with Gasteiger partial charge in [0.25, 0.3) is 5.91 Å². The maximum atomic E-state index is 13.9. The number of pyridine rings is 2. The van der Waals surface area contributed by atoms with E-state index in [4.69, 9.17) is 10.7 Å². The van der Waals surface area contributed by atoms with Crippen LogP contribution in [0.3, 0.4) is 0 Å². The second-order valence-electron chi connectivity index (χ2n) is 8.76. The number of anilines is 2. The van der Waals surface area contributed by atoms with Gasteiger partial charge in [-0.2, -0.15) is 0 Å². The lowest BCUT2D eigenvalue weighted by Gasteiger charge is -2.31. The lowest BCUT2D eigenvalue weighted by Crippen LogP contribution is -2.43. The fraction of sp³-hybridized carbons (Fsp3) is 0.292. The number of nitrogens with two attached hydrogens (primary N) is 1. The molecule has 5 rings (SSSR count). The van der Waals surface area contributed by atoms with Crippen LogP contribution in [0.1, 0.15) is 16.1 Å². The molecule has 2 N–H and O–H groups in total. The van der Waals surface area contributed by atoms with Crippen LogP contribution in [0.15, 0.2) is 48.9 Å². The lowest BCUT2D eigenvalue weighted by molar-refractivity contribution is 0.100. The van der Waals surface area contributed by atoms with Crippen molar-refractivity contribution in [2.45, 2.75) is 6.92 Å². The number of aromatic nitrogens is 5. The van der Waals surface area contributed by atoms with Gasteiger partial charge in [0.2, 0.25) is 5.82 Å². The van der Waals surface area contributed by atoms with E-state index in [1.807, 2.05) is 17.0 Å². The van der Waals surface area contributed by atoms with Gasteiger partial charge in [-0.25, -0.2) is 27.3 Å². The van der Waals surface area contributed by atoms with E-state index in [9.17, 15) is 17.6 Å². The van der Waals surface area contributed by atoms with E-state index < -0.39 is 21.6 Å². The van der Waals surface area contributed by atoms with Crippen molar-refractivity contribution >= 4 is 32.8 Å². The highest BCUT2D eigenvalue weighted by Crippen LogP contribution is 2.31. The van der Waals surface area contributed by atoms with Gasteiger partial charge in [0, 0.05) is 44.8 Å². The van der Waals surface area contributed by atoms with Crippen molar-refractivity contribution in [2.75, 3.05) is 42.6 Å². The van der Waals surface area contributed by atoms with Crippen LogP contribution < -0.4 is 10.6 Å². The van der Waals surface area contributed by atoms with Crippen molar-refractivity contribution in [2.24, 2.45) is 5.73 Å². The number of halogens is 1. The number of fused-ring (bicyclic) bond motifs is 1. The fourth-order valence-electron chi connectivity index (χ4n) is 4.26. The Morgan fingerprint density at radius 2 is 1.95 bits per heavy atom. The van der Waals surface area contributed by atoms with Crippen molar-refractivity contribution in [1.29, 1.82) is 0 Å². The van der Waals surface area contributed by atoms with Crippen LogP contribution in [0, 0.1) is 12.7 Å². The van der Waals surface area contributed by atoms with Crippen molar-refractivity contribution in [3.8, 4) is 11.5 Å². The lowest BCUT2D eigenvalue weighted by atomic mass is 10.2. The smallest absolute Gasteiger partial charge is 0.252 e. The van der Waals surface area contributed by atoms with Crippen LogP contribution >= 0.6 is 0 Å². The number of aryl methyl sites for hydroxylation is 1. The van der Waals surface area contributed by atoms with E-state index in [-0.39, 0.29) is 28.6 Å². The number of hydrogen-bond donors (Lipinski definition) is 1. The summed E-state index contributed by atoms with van der Waals surface area (Å²) in [4.78, 5) is 29.4. The minimum absolute atomic E-state index is 0.102. The van der Waals surface area contributed by atoms with Crippen LogP contribution in [-0.4, -0.2) is 81.5 Å². The third kappa shape index (κ3) is 5.13.